The minimum absolute atomic E-state index is 0. The van der Waals surface area contributed by atoms with Gasteiger partial charge in [0.15, 0.2) is 5.70 Å². The van der Waals surface area contributed by atoms with Gasteiger partial charge >= 0.3 is 0 Å². The van der Waals surface area contributed by atoms with Gasteiger partial charge in [-0.15, -0.1) is 54.0 Å². The van der Waals surface area contributed by atoms with Crippen LogP contribution in [0, 0.1) is 13.8 Å². The standard InChI is InChI=1S/C21H28N5OS.3ClH/c1-16-12-17(2)25(22-16)19-5-7-24(8-6-19)26-10-3-4-20(26)13-18(14-26)21(27)23-9-11-28-15-23;;;/h3-4,10,12-13,19H,5-9,11,14-15H2,1-2H3;3*1H/q+1;;;/t26-;;;/m1.../s1. The summed E-state index contributed by atoms with van der Waals surface area (Å²) in [6, 6.07) is 2.64. The highest BCUT2D eigenvalue weighted by Crippen LogP contribution is 2.40. The van der Waals surface area contributed by atoms with Gasteiger partial charge in [0.2, 0.25) is 0 Å². The quantitative estimate of drug-likeness (QED) is 0.580. The van der Waals surface area contributed by atoms with E-state index in [1.165, 1.54) is 11.4 Å². The van der Waals surface area contributed by atoms with Gasteiger partial charge in [0.1, 0.15) is 12.7 Å². The number of rotatable bonds is 3. The molecule has 10 heteroatoms. The van der Waals surface area contributed by atoms with E-state index in [1.807, 2.05) is 16.7 Å². The van der Waals surface area contributed by atoms with Gasteiger partial charge in [-0.05, 0) is 38.8 Å². The fraction of sp³-hybridized carbons (Fsp3) is 0.524. The van der Waals surface area contributed by atoms with E-state index in [9.17, 15) is 4.79 Å². The first kappa shape index (κ1) is 26.3. The zero-order chi connectivity index (χ0) is 19.3. The molecule has 1 amide bonds. The summed E-state index contributed by atoms with van der Waals surface area (Å²) in [4.78, 5) is 14.9. The van der Waals surface area contributed by atoms with Gasteiger partial charge in [-0.2, -0.15) is 9.69 Å². The van der Waals surface area contributed by atoms with Crippen LogP contribution >= 0.6 is 49.0 Å². The van der Waals surface area contributed by atoms with Crippen molar-refractivity contribution in [3.63, 3.8) is 0 Å². The molecular weight excluding hydrogens is 477 g/mol. The molecule has 1 aromatic heterocycles. The van der Waals surface area contributed by atoms with Crippen LogP contribution in [0.15, 0.2) is 41.8 Å². The lowest BCUT2D eigenvalue weighted by Crippen LogP contribution is -2.56. The van der Waals surface area contributed by atoms with E-state index in [-0.39, 0.29) is 43.1 Å². The second kappa shape index (κ2) is 10.3. The minimum Gasteiger partial charge on any atom is -0.329 e. The molecule has 0 bridgehead atoms. The number of carbonyl (C=O) groups is 1. The van der Waals surface area contributed by atoms with Crippen molar-refractivity contribution < 1.29 is 9.39 Å². The molecular formula is C21H31Cl3N5OS+. The molecule has 1 aromatic rings. The summed E-state index contributed by atoms with van der Waals surface area (Å²) in [5, 5.41) is 7.24. The number of carbonyl (C=O) groups excluding carboxylic acids is 1. The van der Waals surface area contributed by atoms with Crippen molar-refractivity contribution in [3.05, 3.63) is 53.2 Å². The van der Waals surface area contributed by atoms with Crippen LogP contribution in [0.1, 0.15) is 30.3 Å². The van der Waals surface area contributed by atoms with Gasteiger partial charge in [-0.25, -0.2) is 0 Å². The molecule has 4 aliphatic rings. The number of nitrogens with zero attached hydrogens (tertiary/aromatic N) is 5. The molecule has 31 heavy (non-hydrogen) atoms. The van der Waals surface area contributed by atoms with Crippen LogP contribution in [0.3, 0.4) is 0 Å². The highest BCUT2D eigenvalue weighted by Gasteiger charge is 2.48. The zero-order valence-corrected chi connectivity index (χ0v) is 21.2. The maximum Gasteiger partial charge on any atom is 0.256 e. The van der Waals surface area contributed by atoms with E-state index in [4.69, 9.17) is 5.10 Å². The van der Waals surface area contributed by atoms with Crippen LogP contribution in [0.2, 0.25) is 0 Å². The molecule has 0 radical (unpaired) electrons. The lowest BCUT2D eigenvalue weighted by Gasteiger charge is -2.43. The average Bonchev–Trinajstić information content (AvgIpc) is 3.45. The Hall–Kier alpha value is -0.960. The third-order valence-electron chi connectivity index (χ3n) is 6.43. The lowest BCUT2D eigenvalue weighted by atomic mass is 10.1. The highest BCUT2D eigenvalue weighted by molar-refractivity contribution is 7.99. The predicted octanol–water partition coefficient (Wildman–Crippen LogP) is 4.02. The van der Waals surface area contributed by atoms with Crippen molar-refractivity contribution in [2.75, 3.05) is 37.8 Å². The number of amides is 1. The normalized spacial score (nSPS) is 25.3. The van der Waals surface area contributed by atoms with E-state index in [0.717, 1.165) is 61.9 Å². The Kier molecular flexibility index (Phi) is 8.75. The van der Waals surface area contributed by atoms with Gasteiger partial charge < -0.3 is 4.90 Å². The molecule has 6 nitrogen and oxygen atoms in total. The van der Waals surface area contributed by atoms with Gasteiger partial charge in [0.25, 0.3) is 5.91 Å². The van der Waals surface area contributed by atoms with Gasteiger partial charge in [0.05, 0.1) is 36.3 Å². The molecule has 0 saturated carbocycles. The SMILES string of the molecule is Cc1cc(C)n(C2CCN([N@@+]34C=CC=C3C=C(C(=O)N3CCSC3)C4)CC2)n1.Cl.Cl.Cl. The summed E-state index contributed by atoms with van der Waals surface area (Å²) < 4.78 is 2.91. The number of allylic oxidation sites excluding steroid dienone is 3. The van der Waals surface area contributed by atoms with Crippen molar-refractivity contribution in [1.29, 1.82) is 0 Å². The highest BCUT2D eigenvalue weighted by atomic mass is 35.5. The first-order valence-electron chi connectivity index (χ1n) is 10.2. The molecule has 5 rings (SSSR count). The Bertz CT molecular complexity index is 901. The summed E-state index contributed by atoms with van der Waals surface area (Å²) in [7, 11) is 0. The van der Waals surface area contributed by atoms with Crippen molar-refractivity contribution >= 4 is 54.9 Å². The molecule has 0 spiro atoms. The molecule has 2 saturated heterocycles. The van der Waals surface area contributed by atoms with Crippen LogP contribution in [0.5, 0.6) is 0 Å². The third-order valence-corrected chi connectivity index (χ3v) is 7.40. The molecule has 0 aliphatic carbocycles. The molecule has 4 aliphatic heterocycles. The monoisotopic (exact) mass is 506 g/mol. The fourth-order valence-corrected chi connectivity index (χ4v) is 5.97. The first-order valence-corrected chi connectivity index (χ1v) is 11.4. The summed E-state index contributed by atoms with van der Waals surface area (Å²) in [5.41, 5.74) is 4.55. The average molecular weight is 508 g/mol. The molecule has 0 N–H and O–H groups in total. The number of thioether (sulfide) groups is 1. The van der Waals surface area contributed by atoms with Gasteiger partial charge in [-0.3, -0.25) is 9.48 Å². The van der Waals surface area contributed by atoms with E-state index >= 15 is 0 Å². The molecule has 0 aromatic carbocycles. The number of piperidine rings is 1. The topological polar surface area (TPSA) is 41.4 Å². The van der Waals surface area contributed by atoms with Crippen molar-refractivity contribution in [2.24, 2.45) is 0 Å². The van der Waals surface area contributed by atoms with Crippen molar-refractivity contribution in [1.82, 2.24) is 19.7 Å². The largest absolute Gasteiger partial charge is 0.329 e. The van der Waals surface area contributed by atoms with Gasteiger partial charge in [-0.1, -0.05) is 0 Å². The van der Waals surface area contributed by atoms with Crippen LogP contribution in [-0.2, 0) is 4.79 Å². The second-order valence-corrected chi connectivity index (χ2v) is 9.32. The van der Waals surface area contributed by atoms with E-state index in [1.54, 1.807) is 0 Å². The maximum absolute atomic E-state index is 12.9. The number of fused-ring (bicyclic) bond motifs is 1. The summed E-state index contributed by atoms with van der Waals surface area (Å²) >= 11 is 1.84. The molecule has 0 unspecified atom stereocenters. The molecule has 1 atom stereocenters. The predicted molar refractivity (Wildman–Crippen MR) is 133 cm³/mol. The zero-order valence-electron chi connectivity index (χ0n) is 17.9. The van der Waals surface area contributed by atoms with E-state index < -0.39 is 0 Å². The van der Waals surface area contributed by atoms with E-state index in [2.05, 4.69) is 54.0 Å². The summed E-state index contributed by atoms with van der Waals surface area (Å²) in [5.74, 6) is 2.12. The van der Waals surface area contributed by atoms with Crippen molar-refractivity contribution in [3.8, 4) is 0 Å². The first-order chi connectivity index (χ1) is 13.6. The number of aryl methyl sites for hydroxylation is 2. The van der Waals surface area contributed by atoms with Crippen LogP contribution in [-0.4, -0.2) is 68.0 Å². The van der Waals surface area contributed by atoms with Gasteiger partial charge in [0, 0.05) is 30.1 Å². The maximum atomic E-state index is 12.9. The number of halogens is 3. The fourth-order valence-electron chi connectivity index (χ4n) is 5.02. The van der Waals surface area contributed by atoms with E-state index in [0.29, 0.717) is 10.6 Å². The van der Waals surface area contributed by atoms with Crippen molar-refractivity contribution in [2.45, 2.75) is 32.7 Å². The minimum atomic E-state index is 0. The van der Waals surface area contributed by atoms with Crippen LogP contribution < -0.4 is 0 Å². The summed E-state index contributed by atoms with van der Waals surface area (Å²) in [6.45, 7) is 7.88. The smallest absolute Gasteiger partial charge is 0.256 e. The number of hydrogen-bond donors (Lipinski definition) is 0. The lowest BCUT2D eigenvalue weighted by molar-refractivity contribution is -0.949. The number of quaternary nitrogens is 1. The summed E-state index contributed by atoms with van der Waals surface area (Å²) in [6.07, 6.45) is 10.9. The Morgan fingerprint density at radius 3 is 2.52 bits per heavy atom. The third kappa shape index (κ3) is 4.59. The Labute approximate surface area is 207 Å². The Morgan fingerprint density at radius 2 is 1.90 bits per heavy atom. The number of hydrogen-bond acceptors (Lipinski definition) is 4. The number of aromatic nitrogens is 2. The second-order valence-electron chi connectivity index (χ2n) is 8.25. The van der Waals surface area contributed by atoms with Crippen LogP contribution in [0.25, 0.3) is 0 Å². The Morgan fingerprint density at radius 1 is 1.16 bits per heavy atom. The van der Waals surface area contributed by atoms with Crippen LogP contribution in [0.4, 0.5) is 0 Å². The molecule has 5 heterocycles. The molecule has 172 valence electrons. The molecule has 2 fully saturated rings. The Balaban J connectivity index is 0.00000114.